The lowest BCUT2D eigenvalue weighted by molar-refractivity contribution is -0.122. The second-order valence-electron chi connectivity index (χ2n) is 8.42. The Labute approximate surface area is 222 Å². The highest BCUT2D eigenvalue weighted by Gasteiger charge is 2.42. The summed E-state index contributed by atoms with van der Waals surface area (Å²) < 4.78 is 0.394. The van der Waals surface area contributed by atoms with Gasteiger partial charge < -0.3 is 5.32 Å². The fourth-order valence-corrected chi connectivity index (χ4v) is 5.65. The summed E-state index contributed by atoms with van der Waals surface area (Å²) in [6.07, 6.45) is 0. The van der Waals surface area contributed by atoms with Crippen LogP contribution in [0.2, 0.25) is 5.02 Å². The molecule has 3 amide bonds. The average Bonchev–Trinajstić information content (AvgIpc) is 3.28. The number of thiocarbonyl (C=S) groups is 1. The molecule has 0 unspecified atom stereocenters. The van der Waals surface area contributed by atoms with E-state index in [1.165, 1.54) is 9.80 Å². The van der Waals surface area contributed by atoms with Crippen LogP contribution in [-0.2, 0) is 20.9 Å². The number of anilines is 2. The van der Waals surface area contributed by atoms with Gasteiger partial charge in [0.25, 0.3) is 11.8 Å². The first-order chi connectivity index (χ1) is 17.3. The van der Waals surface area contributed by atoms with Gasteiger partial charge in [0.05, 0.1) is 22.7 Å². The zero-order valence-electron chi connectivity index (χ0n) is 19.2. The number of nitrogens with one attached hydrogen (secondary N) is 1. The lowest BCUT2D eigenvalue weighted by atomic mass is 10.1. The molecule has 3 aromatic carbocycles. The molecule has 36 heavy (non-hydrogen) atoms. The molecule has 1 fully saturated rings. The number of hydrogen-bond donors (Lipinski definition) is 1. The third kappa shape index (κ3) is 4.67. The molecule has 0 saturated carbocycles. The van der Waals surface area contributed by atoms with Crippen LogP contribution >= 0.6 is 35.6 Å². The molecule has 2 aliphatic heterocycles. The second-order valence-corrected chi connectivity index (χ2v) is 10.5. The molecule has 3 aromatic rings. The van der Waals surface area contributed by atoms with E-state index >= 15 is 0 Å². The predicted molar refractivity (Wildman–Crippen MR) is 148 cm³/mol. The molecule has 0 bridgehead atoms. The normalized spacial score (nSPS) is 17.1. The van der Waals surface area contributed by atoms with Crippen LogP contribution in [0.15, 0.2) is 77.7 Å². The maximum Gasteiger partial charge on any atom is 0.267 e. The van der Waals surface area contributed by atoms with Crippen molar-refractivity contribution in [2.75, 3.05) is 16.8 Å². The van der Waals surface area contributed by atoms with Crippen LogP contribution in [0.3, 0.4) is 0 Å². The molecule has 0 aromatic heterocycles. The smallest absolute Gasteiger partial charge is 0.267 e. The zero-order valence-corrected chi connectivity index (χ0v) is 21.5. The van der Waals surface area contributed by atoms with Gasteiger partial charge in [0.1, 0.15) is 10.9 Å². The van der Waals surface area contributed by atoms with Crippen LogP contribution in [0.1, 0.15) is 16.7 Å². The lowest BCUT2D eigenvalue weighted by Crippen LogP contribution is -2.35. The standard InChI is InChI=1S/C27H20ClN3O3S2/c1-16-9-11-17(12-10-16)14-31-26(34)24(36-27(31)35)23-20-7-2-3-8-21(20)30(25(23)33)15-22(32)29-19-6-4-5-18(28)13-19/h2-13H,14-15H2,1H3,(H,29,32)/b24-23-. The summed E-state index contributed by atoms with van der Waals surface area (Å²) in [4.78, 5) is 43.0. The first kappa shape index (κ1) is 24.2. The zero-order chi connectivity index (χ0) is 25.4. The summed E-state index contributed by atoms with van der Waals surface area (Å²) in [5.41, 5.74) is 4.05. The molecular formula is C27H20ClN3O3S2. The summed E-state index contributed by atoms with van der Waals surface area (Å²) in [6, 6.07) is 21.8. The first-order valence-corrected chi connectivity index (χ1v) is 12.7. The maximum atomic E-state index is 13.6. The Morgan fingerprint density at radius 2 is 1.72 bits per heavy atom. The van der Waals surface area contributed by atoms with Crippen molar-refractivity contribution in [3.05, 3.63) is 99.4 Å². The van der Waals surface area contributed by atoms with E-state index in [1.807, 2.05) is 31.2 Å². The SMILES string of the molecule is Cc1ccc(CN2C(=O)/C(=C3/C(=O)N(CC(=O)Nc4cccc(Cl)c4)c4ccccc43)SC2=S)cc1. The van der Waals surface area contributed by atoms with Crippen molar-refractivity contribution in [3.63, 3.8) is 0 Å². The third-order valence-corrected chi connectivity index (χ3v) is 7.55. The number of amides is 3. The summed E-state index contributed by atoms with van der Waals surface area (Å²) >= 11 is 12.6. The van der Waals surface area contributed by atoms with Crippen LogP contribution in [0.5, 0.6) is 0 Å². The van der Waals surface area contributed by atoms with Crippen molar-refractivity contribution >= 4 is 74.6 Å². The number of halogens is 1. The third-order valence-electron chi connectivity index (χ3n) is 5.87. The van der Waals surface area contributed by atoms with Crippen molar-refractivity contribution in [2.45, 2.75) is 13.5 Å². The fourth-order valence-electron chi connectivity index (χ4n) is 4.13. The number of benzene rings is 3. The molecule has 5 rings (SSSR count). The predicted octanol–water partition coefficient (Wildman–Crippen LogP) is 5.41. The van der Waals surface area contributed by atoms with Gasteiger partial charge in [-0.05, 0) is 36.8 Å². The molecule has 0 aliphatic carbocycles. The monoisotopic (exact) mass is 533 g/mol. The highest BCUT2D eigenvalue weighted by Crippen LogP contribution is 2.44. The highest BCUT2D eigenvalue weighted by atomic mass is 35.5. The maximum absolute atomic E-state index is 13.6. The summed E-state index contributed by atoms with van der Waals surface area (Å²) in [5, 5.41) is 3.26. The van der Waals surface area contributed by atoms with Gasteiger partial charge >= 0.3 is 0 Å². The van der Waals surface area contributed by atoms with E-state index in [9.17, 15) is 14.4 Å². The molecule has 9 heteroatoms. The number of fused-ring (bicyclic) bond motifs is 1. The Morgan fingerprint density at radius 1 is 0.972 bits per heavy atom. The van der Waals surface area contributed by atoms with Crippen LogP contribution in [0.25, 0.3) is 5.57 Å². The average molecular weight is 534 g/mol. The van der Waals surface area contributed by atoms with Crippen LogP contribution in [0.4, 0.5) is 11.4 Å². The molecule has 6 nitrogen and oxygen atoms in total. The number of nitrogens with zero attached hydrogens (tertiary/aromatic N) is 2. The Bertz CT molecular complexity index is 1450. The van der Waals surface area contributed by atoms with E-state index in [0.717, 1.165) is 22.9 Å². The number of aryl methyl sites for hydroxylation is 1. The van der Waals surface area contributed by atoms with E-state index in [0.29, 0.717) is 32.8 Å². The minimum atomic E-state index is -0.409. The molecule has 2 aliphatic rings. The molecule has 180 valence electrons. The van der Waals surface area contributed by atoms with E-state index in [1.54, 1.807) is 48.5 Å². The largest absolute Gasteiger partial charge is 0.324 e. The molecular weight excluding hydrogens is 514 g/mol. The second kappa shape index (κ2) is 9.89. The molecule has 1 N–H and O–H groups in total. The van der Waals surface area contributed by atoms with Crippen molar-refractivity contribution in [2.24, 2.45) is 0 Å². The quantitative estimate of drug-likeness (QED) is 0.351. The molecule has 0 atom stereocenters. The van der Waals surface area contributed by atoms with Gasteiger partial charge in [-0.1, -0.05) is 89.7 Å². The summed E-state index contributed by atoms with van der Waals surface area (Å²) in [6.45, 7) is 2.11. The molecule has 0 spiro atoms. The van der Waals surface area contributed by atoms with Crippen molar-refractivity contribution in [1.29, 1.82) is 0 Å². The van der Waals surface area contributed by atoms with E-state index in [-0.39, 0.29) is 28.8 Å². The fraction of sp³-hybridized carbons (Fsp3) is 0.111. The number of para-hydroxylation sites is 1. The van der Waals surface area contributed by atoms with E-state index in [2.05, 4.69) is 5.32 Å². The number of carbonyl (C=O) groups is 3. The van der Waals surface area contributed by atoms with Crippen LogP contribution in [0, 0.1) is 6.92 Å². The van der Waals surface area contributed by atoms with Crippen molar-refractivity contribution < 1.29 is 14.4 Å². The Hall–Kier alpha value is -3.46. The minimum Gasteiger partial charge on any atom is -0.324 e. The highest BCUT2D eigenvalue weighted by molar-refractivity contribution is 8.26. The van der Waals surface area contributed by atoms with Crippen molar-refractivity contribution in [1.82, 2.24) is 4.90 Å². The van der Waals surface area contributed by atoms with Gasteiger partial charge in [0.2, 0.25) is 5.91 Å². The van der Waals surface area contributed by atoms with Gasteiger partial charge in [0, 0.05) is 16.3 Å². The minimum absolute atomic E-state index is 0.213. The Kier molecular flexibility index (Phi) is 6.66. The Balaban J connectivity index is 1.42. The van der Waals surface area contributed by atoms with Crippen LogP contribution < -0.4 is 10.2 Å². The number of rotatable bonds is 5. The van der Waals surface area contributed by atoms with E-state index in [4.69, 9.17) is 23.8 Å². The van der Waals surface area contributed by atoms with Gasteiger partial charge in [0.15, 0.2) is 0 Å². The lowest BCUT2D eigenvalue weighted by Gasteiger charge is -2.17. The number of carbonyl (C=O) groups excluding carboxylic acids is 3. The topological polar surface area (TPSA) is 69.7 Å². The Morgan fingerprint density at radius 3 is 2.47 bits per heavy atom. The van der Waals surface area contributed by atoms with Crippen LogP contribution in [-0.4, -0.2) is 33.5 Å². The molecule has 1 saturated heterocycles. The van der Waals surface area contributed by atoms with Gasteiger partial charge in [-0.15, -0.1) is 0 Å². The summed E-state index contributed by atoms with van der Waals surface area (Å²) in [5.74, 6) is -1.10. The number of thioether (sulfide) groups is 1. The van der Waals surface area contributed by atoms with Gasteiger partial charge in [-0.3, -0.25) is 24.2 Å². The summed E-state index contributed by atoms with van der Waals surface area (Å²) in [7, 11) is 0. The first-order valence-electron chi connectivity index (χ1n) is 11.1. The van der Waals surface area contributed by atoms with Crippen molar-refractivity contribution in [3.8, 4) is 0 Å². The van der Waals surface area contributed by atoms with E-state index < -0.39 is 5.91 Å². The molecule has 2 heterocycles. The molecule has 0 radical (unpaired) electrons. The number of hydrogen-bond acceptors (Lipinski definition) is 5. The van der Waals surface area contributed by atoms with Gasteiger partial charge in [-0.2, -0.15) is 0 Å². The van der Waals surface area contributed by atoms with Gasteiger partial charge in [-0.25, -0.2) is 0 Å².